The highest BCUT2D eigenvalue weighted by Crippen LogP contribution is 2.26. The molecule has 0 aliphatic carbocycles. The van der Waals surface area contributed by atoms with E-state index in [-0.39, 0.29) is 18.2 Å². The van der Waals surface area contributed by atoms with E-state index in [4.69, 9.17) is 5.11 Å². The molecule has 1 aliphatic heterocycles. The van der Waals surface area contributed by atoms with Crippen molar-refractivity contribution in [2.45, 2.75) is 32.1 Å². The third kappa shape index (κ3) is 3.69. The summed E-state index contributed by atoms with van der Waals surface area (Å²) in [4.78, 5) is 36.0. The van der Waals surface area contributed by atoms with Gasteiger partial charge in [0, 0.05) is 17.4 Å². The summed E-state index contributed by atoms with van der Waals surface area (Å²) < 4.78 is 0.776. The van der Waals surface area contributed by atoms with Gasteiger partial charge in [0.15, 0.2) is 0 Å². The molecule has 1 aromatic carbocycles. The maximum atomic E-state index is 12.2. The van der Waals surface area contributed by atoms with E-state index >= 15 is 0 Å². The fraction of sp³-hybridized carbons (Fsp3) is 0.400. The second-order valence-corrected chi connectivity index (χ2v) is 5.93. The van der Waals surface area contributed by atoms with Crippen molar-refractivity contribution >= 4 is 33.7 Å². The van der Waals surface area contributed by atoms with Gasteiger partial charge in [-0.25, -0.2) is 0 Å². The van der Waals surface area contributed by atoms with E-state index in [2.05, 4.69) is 15.9 Å². The monoisotopic (exact) mass is 353 g/mol. The van der Waals surface area contributed by atoms with Crippen LogP contribution >= 0.6 is 15.9 Å². The molecular weight excluding hydrogens is 338 g/mol. The number of hydrogen-bond donors (Lipinski definition) is 1. The van der Waals surface area contributed by atoms with E-state index < -0.39 is 5.97 Å². The molecule has 5 nitrogen and oxygen atoms in total. The first-order chi connectivity index (χ1) is 10.0. The number of hydrogen-bond acceptors (Lipinski definition) is 3. The summed E-state index contributed by atoms with van der Waals surface area (Å²) in [5, 5.41) is 8.53. The first-order valence-electron chi connectivity index (χ1n) is 6.88. The summed E-state index contributed by atoms with van der Waals surface area (Å²) in [5.74, 6) is -1.28. The van der Waals surface area contributed by atoms with Crippen LogP contribution in [-0.4, -0.2) is 34.3 Å². The molecule has 0 spiro atoms. The van der Waals surface area contributed by atoms with E-state index in [9.17, 15) is 14.4 Å². The lowest BCUT2D eigenvalue weighted by Crippen LogP contribution is -2.30. The molecule has 0 aromatic heterocycles. The van der Waals surface area contributed by atoms with Crippen molar-refractivity contribution in [3.8, 4) is 0 Å². The molecule has 0 saturated heterocycles. The van der Waals surface area contributed by atoms with Crippen molar-refractivity contribution in [2.24, 2.45) is 0 Å². The zero-order valence-corrected chi connectivity index (χ0v) is 13.1. The number of fused-ring (bicyclic) bond motifs is 1. The van der Waals surface area contributed by atoms with Crippen LogP contribution in [0.5, 0.6) is 0 Å². The number of unbranched alkanes of at least 4 members (excludes halogenated alkanes) is 3. The number of carbonyl (C=O) groups excluding carboxylic acids is 2. The summed E-state index contributed by atoms with van der Waals surface area (Å²) in [6.07, 6.45) is 3.10. The number of imide groups is 1. The number of carbonyl (C=O) groups is 3. The Kier molecular flexibility index (Phi) is 5.12. The first kappa shape index (κ1) is 15.7. The molecule has 21 heavy (non-hydrogen) atoms. The fourth-order valence-electron chi connectivity index (χ4n) is 2.37. The van der Waals surface area contributed by atoms with Crippen LogP contribution in [0.4, 0.5) is 0 Å². The topological polar surface area (TPSA) is 74.7 Å². The van der Waals surface area contributed by atoms with Crippen molar-refractivity contribution in [3.05, 3.63) is 33.8 Å². The molecule has 1 heterocycles. The average molecular weight is 354 g/mol. The molecule has 0 bridgehead atoms. The Hall–Kier alpha value is -1.69. The molecule has 0 fully saturated rings. The van der Waals surface area contributed by atoms with E-state index in [0.717, 1.165) is 17.3 Å². The van der Waals surface area contributed by atoms with Gasteiger partial charge >= 0.3 is 5.97 Å². The van der Waals surface area contributed by atoms with Crippen LogP contribution in [0.15, 0.2) is 22.7 Å². The predicted molar refractivity (Wildman–Crippen MR) is 80.2 cm³/mol. The van der Waals surface area contributed by atoms with E-state index in [0.29, 0.717) is 30.5 Å². The Morgan fingerprint density at radius 1 is 1.05 bits per heavy atom. The van der Waals surface area contributed by atoms with Gasteiger partial charge in [0.2, 0.25) is 0 Å². The van der Waals surface area contributed by atoms with Gasteiger partial charge < -0.3 is 5.11 Å². The van der Waals surface area contributed by atoms with E-state index in [1.54, 1.807) is 18.2 Å². The molecule has 1 aromatic rings. The Morgan fingerprint density at radius 3 is 2.43 bits per heavy atom. The number of carboxylic acids is 1. The summed E-state index contributed by atoms with van der Waals surface area (Å²) in [6.45, 7) is 0.386. The highest BCUT2D eigenvalue weighted by molar-refractivity contribution is 9.10. The smallest absolute Gasteiger partial charge is 0.303 e. The van der Waals surface area contributed by atoms with Gasteiger partial charge in [-0.05, 0) is 31.0 Å². The Labute approximate surface area is 131 Å². The zero-order valence-electron chi connectivity index (χ0n) is 11.5. The molecule has 0 radical (unpaired) electrons. The molecule has 1 aliphatic rings. The SMILES string of the molecule is O=C(O)CCCCCCN1C(=O)c2ccc(Br)cc2C1=O. The number of rotatable bonds is 7. The van der Waals surface area contributed by atoms with Crippen LogP contribution in [0, 0.1) is 0 Å². The van der Waals surface area contributed by atoms with Crippen molar-refractivity contribution in [3.63, 3.8) is 0 Å². The van der Waals surface area contributed by atoms with E-state index in [1.165, 1.54) is 4.90 Å². The highest BCUT2D eigenvalue weighted by Gasteiger charge is 2.34. The summed E-state index contributed by atoms with van der Waals surface area (Å²) in [6, 6.07) is 5.08. The van der Waals surface area contributed by atoms with Crippen LogP contribution in [0.25, 0.3) is 0 Å². The molecule has 0 unspecified atom stereocenters. The van der Waals surface area contributed by atoms with Crippen LogP contribution in [0.1, 0.15) is 52.8 Å². The number of amides is 2. The fourth-order valence-corrected chi connectivity index (χ4v) is 2.73. The molecule has 0 atom stereocenters. The van der Waals surface area contributed by atoms with Crippen molar-refractivity contribution in [1.82, 2.24) is 4.90 Å². The molecule has 1 N–H and O–H groups in total. The summed E-state index contributed by atoms with van der Waals surface area (Å²) >= 11 is 3.30. The number of benzene rings is 1. The maximum absolute atomic E-state index is 12.2. The van der Waals surface area contributed by atoms with Crippen molar-refractivity contribution < 1.29 is 19.5 Å². The Morgan fingerprint density at radius 2 is 1.71 bits per heavy atom. The molecule has 2 rings (SSSR count). The van der Waals surface area contributed by atoms with Gasteiger partial charge in [-0.3, -0.25) is 19.3 Å². The Bertz CT molecular complexity index is 585. The van der Waals surface area contributed by atoms with Gasteiger partial charge in [-0.2, -0.15) is 0 Å². The molecule has 112 valence electrons. The molecule has 0 saturated carbocycles. The largest absolute Gasteiger partial charge is 0.481 e. The number of halogens is 1. The average Bonchev–Trinajstić information content (AvgIpc) is 2.66. The number of aliphatic carboxylic acids is 1. The third-order valence-electron chi connectivity index (χ3n) is 3.46. The number of nitrogens with zero attached hydrogens (tertiary/aromatic N) is 1. The van der Waals surface area contributed by atoms with Gasteiger partial charge in [-0.1, -0.05) is 28.8 Å². The summed E-state index contributed by atoms with van der Waals surface area (Å²) in [5.41, 5.74) is 0.898. The highest BCUT2D eigenvalue weighted by atomic mass is 79.9. The van der Waals surface area contributed by atoms with Gasteiger partial charge in [0.1, 0.15) is 0 Å². The normalized spacial score (nSPS) is 13.7. The minimum absolute atomic E-state index is 0.168. The minimum Gasteiger partial charge on any atom is -0.481 e. The van der Waals surface area contributed by atoms with Crippen LogP contribution in [0.2, 0.25) is 0 Å². The zero-order chi connectivity index (χ0) is 15.4. The minimum atomic E-state index is -0.791. The molecule has 6 heteroatoms. The van der Waals surface area contributed by atoms with Crippen molar-refractivity contribution in [2.75, 3.05) is 6.54 Å². The van der Waals surface area contributed by atoms with Gasteiger partial charge in [0.25, 0.3) is 11.8 Å². The third-order valence-corrected chi connectivity index (χ3v) is 3.95. The molecule has 2 amide bonds. The standard InChI is InChI=1S/C15H16BrNO4/c16-10-6-7-11-12(9-10)15(21)17(14(11)20)8-4-2-1-3-5-13(18)19/h6-7,9H,1-5,8H2,(H,18,19). The lowest BCUT2D eigenvalue weighted by molar-refractivity contribution is -0.137. The van der Waals surface area contributed by atoms with Gasteiger partial charge in [-0.15, -0.1) is 0 Å². The lowest BCUT2D eigenvalue weighted by Gasteiger charge is -2.13. The van der Waals surface area contributed by atoms with Crippen LogP contribution < -0.4 is 0 Å². The summed E-state index contributed by atoms with van der Waals surface area (Å²) in [7, 11) is 0. The predicted octanol–water partition coefficient (Wildman–Crippen LogP) is 3.08. The van der Waals surface area contributed by atoms with Crippen LogP contribution in [-0.2, 0) is 4.79 Å². The van der Waals surface area contributed by atoms with Crippen LogP contribution in [0.3, 0.4) is 0 Å². The Balaban J connectivity index is 1.85. The quantitative estimate of drug-likeness (QED) is 0.603. The molecular formula is C15H16BrNO4. The van der Waals surface area contributed by atoms with E-state index in [1.807, 2.05) is 0 Å². The second-order valence-electron chi connectivity index (χ2n) is 5.01. The number of carboxylic acid groups (broad SMARTS) is 1. The lowest BCUT2D eigenvalue weighted by atomic mass is 10.1. The second kappa shape index (κ2) is 6.85. The van der Waals surface area contributed by atoms with Crippen molar-refractivity contribution in [1.29, 1.82) is 0 Å². The first-order valence-corrected chi connectivity index (χ1v) is 7.67. The maximum Gasteiger partial charge on any atom is 0.303 e. The van der Waals surface area contributed by atoms with Gasteiger partial charge in [0.05, 0.1) is 11.1 Å².